The van der Waals surface area contributed by atoms with Gasteiger partial charge in [-0.1, -0.05) is 19.8 Å². The molecule has 0 radical (unpaired) electrons. The normalized spacial score (nSPS) is 18.2. The van der Waals surface area contributed by atoms with Crippen molar-refractivity contribution in [1.29, 1.82) is 0 Å². The molecule has 0 aromatic carbocycles. The lowest BCUT2D eigenvalue weighted by molar-refractivity contribution is 0.232. The topological polar surface area (TPSA) is 37.8 Å². The maximum atomic E-state index is 12.5. The molecule has 2 aromatic heterocycles. The molecule has 102 valence electrons. The molecule has 1 saturated carbocycles. The van der Waals surface area contributed by atoms with Crippen LogP contribution in [0.5, 0.6) is 0 Å². The summed E-state index contributed by atoms with van der Waals surface area (Å²) in [7, 11) is 0. The molecule has 0 saturated heterocycles. The first-order valence-corrected chi connectivity index (χ1v) is 8.14. The molecule has 1 N–H and O–H groups in total. The third kappa shape index (κ3) is 2.19. The number of thiophene rings is 1. The number of H-pyrrole nitrogens is 1. The highest BCUT2D eigenvalue weighted by molar-refractivity contribution is 7.71. The van der Waals surface area contributed by atoms with Crippen molar-refractivity contribution in [3.8, 4) is 0 Å². The second kappa shape index (κ2) is 4.87. The number of hydrogen-bond donors (Lipinski definition) is 1. The summed E-state index contributed by atoms with van der Waals surface area (Å²) in [4.78, 5) is 16.6. The first kappa shape index (κ1) is 13.1. The number of nitrogens with one attached hydrogen (secondary N) is 1. The van der Waals surface area contributed by atoms with Gasteiger partial charge in [-0.05, 0) is 48.3 Å². The summed E-state index contributed by atoms with van der Waals surface area (Å²) in [6.45, 7) is 3.00. The highest BCUT2D eigenvalue weighted by atomic mass is 32.1. The van der Waals surface area contributed by atoms with Crippen LogP contribution in [-0.4, -0.2) is 9.55 Å². The molecular formula is C14H18N2OS2. The third-order valence-electron chi connectivity index (χ3n) is 4.51. The minimum absolute atomic E-state index is 0.0692. The van der Waals surface area contributed by atoms with Gasteiger partial charge in [-0.15, -0.1) is 11.3 Å². The quantitative estimate of drug-likeness (QED) is 0.866. The number of nitrogens with zero attached hydrogens (tertiary/aromatic N) is 1. The molecule has 0 atom stereocenters. The average molecular weight is 294 g/mol. The second-order valence-corrected chi connectivity index (χ2v) is 6.85. The van der Waals surface area contributed by atoms with Gasteiger partial charge in [-0.3, -0.25) is 9.36 Å². The molecule has 0 aliphatic heterocycles. The van der Waals surface area contributed by atoms with E-state index in [0.717, 1.165) is 23.2 Å². The molecule has 0 amide bonds. The lowest BCUT2D eigenvalue weighted by Crippen LogP contribution is -2.31. The van der Waals surface area contributed by atoms with Gasteiger partial charge in [0.2, 0.25) is 0 Å². The molecule has 0 bridgehead atoms. The Labute approximate surface area is 121 Å². The zero-order valence-electron chi connectivity index (χ0n) is 11.1. The van der Waals surface area contributed by atoms with Gasteiger partial charge in [0.1, 0.15) is 4.83 Å². The van der Waals surface area contributed by atoms with E-state index in [2.05, 4.69) is 11.9 Å². The van der Waals surface area contributed by atoms with E-state index in [1.54, 1.807) is 4.57 Å². The zero-order valence-corrected chi connectivity index (χ0v) is 12.7. The minimum Gasteiger partial charge on any atom is -0.323 e. The van der Waals surface area contributed by atoms with Crippen LogP contribution in [0.1, 0.15) is 39.0 Å². The first-order chi connectivity index (χ1) is 9.15. The molecule has 2 aromatic rings. The van der Waals surface area contributed by atoms with E-state index in [9.17, 15) is 4.79 Å². The maximum Gasteiger partial charge on any atom is 0.263 e. The van der Waals surface area contributed by atoms with E-state index < -0.39 is 0 Å². The summed E-state index contributed by atoms with van der Waals surface area (Å²) in [5.74, 6) is 0. The van der Waals surface area contributed by atoms with Crippen molar-refractivity contribution in [1.82, 2.24) is 9.55 Å². The summed E-state index contributed by atoms with van der Waals surface area (Å²) < 4.78 is 2.35. The first-order valence-electron chi connectivity index (χ1n) is 6.85. The molecule has 3 nitrogen and oxygen atoms in total. The van der Waals surface area contributed by atoms with E-state index in [1.165, 1.54) is 37.0 Å². The van der Waals surface area contributed by atoms with Gasteiger partial charge >= 0.3 is 0 Å². The summed E-state index contributed by atoms with van der Waals surface area (Å²) in [5.41, 5.74) is 0.342. The Bertz CT molecular complexity index is 704. The number of aromatic nitrogens is 2. The van der Waals surface area contributed by atoms with Crippen LogP contribution in [-0.2, 0) is 6.54 Å². The second-order valence-electron chi connectivity index (χ2n) is 5.55. The van der Waals surface area contributed by atoms with Gasteiger partial charge in [0.05, 0.1) is 5.39 Å². The van der Waals surface area contributed by atoms with Crippen molar-refractivity contribution < 1.29 is 0 Å². The van der Waals surface area contributed by atoms with Gasteiger partial charge < -0.3 is 4.98 Å². The highest BCUT2D eigenvalue weighted by Crippen LogP contribution is 2.42. The summed E-state index contributed by atoms with van der Waals surface area (Å²) >= 11 is 6.92. The van der Waals surface area contributed by atoms with Gasteiger partial charge in [0, 0.05) is 6.54 Å². The molecule has 19 heavy (non-hydrogen) atoms. The van der Waals surface area contributed by atoms with E-state index in [0.29, 0.717) is 4.77 Å². The smallest absolute Gasteiger partial charge is 0.263 e. The van der Waals surface area contributed by atoms with Crippen LogP contribution >= 0.6 is 23.6 Å². The summed E-state index contributed by atoms with van der Waals surface area (Å²) in [5, 5.41) is 2.70. The van der Waals surface area contributed by atoms with Crippen LogP contribution < -0.4 is 5.56 Å². The lowest BCUT2D eigenvalue weighted by atomic mass is 9.83. The molecule has 0 spiro atoms. The lowest BCUT2D eigenvalue weighted by Gasteiger charge is -2.28. The van der Waals surface area contributed by atoms with Crippen molar-refractivity contribution in [2.75, 3.05) is 0 Å². The molecule has 0 unspecified atom stereocenters. The molecule has 1 aliphatic carbocycles. The van der Waals surface area contributed by atoms with E-state index in [4.69, 9.17) is 12.2 Å². The Morgan fingerprint density at radius 2 is 2.21 bits per heavy atom. The fourth-order valence-corrected chi connectivity index (χ4v) is 4.30. The fraction of sp³-hybridized carbons (Fsp3) is 0.571. The van der Waals surface area contributed by atoms with Crippen LogP contribution in [0.25, 0.3) is 10.2 Å². The number of rotatable bonds is 3. The van der Waals surface area contributed by atoms with E-state index >= 15 is 0 Å². The van der Waals surface area contributed by atoms with Gasteiger partial charge in [0.15, 0.2) is 4.77 Å². The maximum absolute atomic E-state index is 12.5. The van der Waals surface area contributed by atoms with Crippen molar-refractivity contribution in [2.24, 2.45) is 5.41 Å². The highest BCUT2D eigenvalue weighted by Gasteiger charge is 2.33. The Balaban J connectivity index is 2.10. The largest absolute Gasteiger partial charge is 0.323 e. The standard InChI is InChI=1S/C14H18N2OS2/c1-2-14(6-3-4-7-14)9-16-12(17)10-5-8-19-11(10)15-13(16)18/h5,8H,2-4,6-7,9H2,1H3,(H,15,18). The van der Waals surface area contributed by atoms with Crippen LogP contribution in [0.4, 0.5) is 0 Å². The number of hydrogen-bond acceptors (Lipinski definition) is 3. The molecule has 5 heteroatoms. The van der Waals surface area contributed by atoms with Crippen LogP contribution in [0.2, 0.25) is 0 Å². The van der Waals surface area contributed by atoms with Gasteiger partial charge in [-0.2, -0.15) is 0 Å². The molecule has 2 heterocycles. The summed E-state index contributed by atoms with van der Waals surface area (Å²) in [6.07, 6.45) is 6.11. The minimum atomic E-state index is 0.0692. The molecular weight excluding hydrogens is 276 g/mol. The number of fused-ring (bicyclic) bond motifs is 1. The predicted octanol–water partition coefficient (Wildman–Crippen LogP) is 4.09. The Morgan fingerprint density at radius 3 is 2.89 bits per heavy atom. The van der Waals surface area contributed by atoms with Crippen molar-refractivity contribution in [2.45, 2.75) is 45.6 Å². The summed E-state index contributed by atoms with van der Waals surface area (Å²) in [6, 6.07) is 1.89. The van der Waals surface area contributed by atoms with Crippen LogP contribution in [0.15, 0.2) is 16.2 Å². The van der Waals surface area contributed by atoms with Crippen LogP contribution in [0.3, 0.4) is 0 Å². The molecule has 1 aliphatic rings. The fourth-order valence-electron chi connectivity index (χ4n) is 3.20. The molecule has 3 rings (SSSR count). The van der Waals surface area contributed by atoms with Crippen molar-refractivity contribution in [3.05, 3.63) is 26.6 Å². The van der Waals surface area contributed by atoms with Crippen LogP contribution in [0, 0.1) is 10.2 Å². The SMILES string of the molecule is CCC1(Cn2c(=S)[nH]c3sccc3c2=O)CCCC1. The van der Waals surface area contributed by atoms with E-state index in [-0.39, 0.29) is 11.0 Å². The Kier molecular flexibility index (Phi) is 3.35. The Hall–Kier alpha value is -0.940. The van der Waals surface area contributed by atoms with Gasteiger partial charge in [0.25, 0.3) is 5.56 Å². The number of aromatic amines is 1. The monoisotopic (exact) mass is 294 g/mol. The van der Waals surface area contributed by atoms with Gasteiger partial charge in [-0.25, -0.2) is 0 Å². The third-order valence-corrected chi connectivity index (χ3v) is 5.67. The zero-order chi connectivity index (χ0) is 13.5. The van der Waals surface area contributed by atoms with E-state index in [1.807, 2.05) is 11.4 Å². The molecule has 1 fully saturated rings. The predicted molar refractivity (Wildman–Crippen MR) is 82.5 cm³/mol. The van der Waals surface area contributed by atoms with Crippen molar-refractivity contribution >= 4 is 33.8 Å². The van der Waals surface area contributed by atoms with Crippen molar-refractivity contribution in [3.63, 3.8) is 0 Å². The Morgan fingerprint density at radius 1 is 1.47 bits per heavy atom. The average Bonchev–Trinajstić information content (AvgIpc) is 3.04.